The van der Waals surface area contributed by atoms with Gasteiger partial charge in [0, 0.05) is 37.7 Å². The van der Waals surface area contributed by atoms with Gasteiger partial charge in [0.1, 0.15) is 0 Å². The molecule has 1 aromatic carbocycles. The van der Waals surface area contributed by atoms with Gasteiger partial charge < -0.3 is 19.4 Å². The Morgan fingerprint density at radius 1 is 1.19 bits per heavy atom. The van der Waals surface area contributed by atoms with E-state index in [1.807, 2.05) is 32.9 Å². The van der Waals surface area contributed by atoms with E-state index in [2.05, 4.69) is 10.3 Å². The first-order valence-electron chi connectivity index (χ1n) is 8.48. The number of benzene rings is 1. The average Bonchev–Trinajstić information content (AvgIpc) is 2.57. The fraction of sp³-hybridized carbons (Fsp3) is 0.474. The lowest BCUT2D eigenvalue weighted by Gasteiger charge is -2.21. The lowest BCUT2D eigenvalue weighted by molar-refractivity contribution is 0.119. The summed E-state index contributed by atoms with van der Waals surface area (Å²) in [6.45, 7) is 6.72. The van der Waals surface area contributed by atoms with Gasteiger partial charge in [0.25, 0.3) is 5.56 Å². The summed E-state index contributed by atoms with van der Waals surface area (Å²) in [6.07, 6.45) is 2.43. The van der Waals surface area contributed by atoms with Crippen molar-refractivity contribution in [1.82, 2.24) is 9.55 Å². The average molecular weight is 380 g/mol. The zero-order chi connectivity index (χ0) is 19.3. The smallest absolute Gasteiger partial charge is 0.294 e. The molecule has 1 N–H and O–H groups in total. The summed E-state index contributed by atoms with van der Waals surface area (Å²) in [6, 6.07) is 3.59. The van der Waals surface area contributed by atoms with E-state index >= 15 is 0 Å². The summed E-state index contributed by atoms with van der Waals surface area (Å²) < 4.78 is 12.1. The van der Waals surface area contributed by atoms with Gasteiger partial charge in [0.05, 0.1) is 18.3 Å². The van der Waals surface area contributed by atoms with E-state index in [0.717, 1.165) is 22.5 Å². The molecule has 26 heavy (non-hydrogen) atoms. The minimum Gasteiger partial charge on any atom is -0.385 e. The second-order valence-corrected chi connectivity index (χ2v) is 6.81. The Labute approximate surface area is 159 Å². The van der Waals surface area contributed by atoms with Gasteiger partial charge in [-0.2, -0.15) is 0 Å². The molecule has 6 nitrogen and oxygen atoms in total. The van der Waals surface area contributed by atoms with Gasteiger partial charge in [-0.15, -0.1) is 0 Å². The molecule has 7 heteroatoms. The van der Waals surface area contributed by atoms with Crippen LogP contribution in [0.15, 0.2) is 23.1 Å². The van der Waals surface area contributed by atoms with E-state index < -0.39 is 0 Å². The molecule has 0 saturated heterocycles. The van der Waals surface area contributed by atoms with Crippen molar-refractivity contribution < 1.29 is 9.47 Å². The Balaban J connectivity index is 2.45. The number of hydrogen-bond acceptors (Lipinski definition) is 5. The summed E-state index contributed by atoms with van der Waals surface area (Å²) >= 11 is 6.10. The minimum absolute atomic E-state index is 0.123. The predicted octanol–water partition coefficient (Wildman–Crippen LogP) is 3.79. The van der Waals surface area contributed by atoms with Crippen molar-refractivity contribution in [3.05, 3.63) is 50.5 Å². The number of aromatic nitrogens is 2. The topological polar surface area (TPSA) is 65.4 Å². The number of halogens is 1. The number of aryl methyl sites for hydroxylation is 3. The monoisotopic (exact) mass is 379 g/mol. The van der Waals surface area contributed by atoms with Gasteiger partial charge >= 0.3 is 0 Å². The van der Waals surface area contributed by atoms with Gasteiger partial charge in [-0.3, -0.25) is 4.79 Å². The van der Waals surface area contributed by atoms with Crippen LogP contribution in [0.5, 0.6) is 0 Å². The van der Waals surface area contributed by atoms with Crippen molar-refractivity contribution >= 4 is 23.1 Å². The van der Waals surface area contributed by atoms with Crippen molar-refractivity contribution in [2.75, 3.05) is 32.8 Å². The van der Waals surface area contributed by atoms with Crippen molar-refractivity contribution in [3.63, 3.8) is 0 Å². The highest BCUT2D eigenvalue weighted by Gasteiger charge is 2.17. The van der Waals surface area contributed by atoms with Gasteiger partial charge in [-0.25, -0.2) is 4.98 Å². The summed E-state index contributed by atoms with van der Waals surface area (Å²) in [4.78, 5) is 17.4. The van der Waals surface area contributed by atoms with Crippen molar-refractivity contribution in [2.45, 2.75) is 33.2 Å². The molecule has 0 amide bonds. The maximum atomic E-state index is 13.0. The van der Waals surface area contributed by atoms with Crippen LogP contribution in [0.2, 0.25) is 5.02 Å². The number of anilines is 2. The largest absolute Gasteiger partial charge is 0.385 e. The Hall–Kier alpha value is -1.89. The zero-order valence-electron chi connectivity index (χ0n) is 15.9. The lowest BCUT2D eigenvalue weighted by Crippen LogP contribution is -2.31. The molecular formula is C19H26ClN3O3. The van der Waals surface area contributed by atoms with E-state index in [-0.39, 0.29) is 17.4 Å². The Morgan fingerprint density at radius 2 is 1.85 bits per heavy atom. The van der Waals surface area contributed by atoms with Crippen molar-refractivity contribution in [2.24, 2.45) is 0 Å². The van der Waals surface area contributed by atoms with Gasteiger partial charge in [0.15, 0.2) is 5.82 Å². The molecule has 1 heterocycles. The molecule has 0 aliphatic carbocycles. The van der Waals surface area contributed by atoms with E-state index in [4.69, 9.17) is 21.1 Å². The van der Waals surface area contributed by atoms with E-state index in [9.17, 15) is 4.79 Å². The van der Waals surface area contributed by atoms with Crippen LogP contribution < -0.4 is 10.9 Å². The van der Waals surface area contributed by atoms with Crippen LogP contribution in [0.4, 0.5) is 11.5 Å². The lowest BCUT2D eigenvalue weighted by atomic mass is 10.1. The summed E-state index contributed by atoms with van der Waals surface area (Å²) in [5.41, 5.74) is 3.31. The van der Waals surface area contributed by atoms with Crippen LogP contribution in [0.1, 0.15) is 29.3 Å². The quantitative estimate of drug-likeness (QED) is 0.755. The van der Waals surface area contributed by atoms with E-state index in [0.29, 0.717) is 24.7 Å². The van der Waals surface area contributed by atoms with Crippen LogP contribution in [0, 0.1) is 20.8 Å². The number of ether oxygens (including phenoxy) is 2. The highest BCUT2D eigenvalue weighted by Crippen LogP contribution is 2.26. The third-order valence-corrected chi connectivity index (χ3v) is 4.42. The SMILES string of the molecule is COCCC(COC)n1cc(C)nc(Nc2c(C)cc(Cl)cc2C)c1=O. The Kier molecular flexibility index (Phi) is 7.20. The van der Waals surface area contributed by atoms with Crippen molar-refractivity contribution in [1.29, 1.82) is 0 Å². The molecule has 0 aliphatic rings. The molecule has 1 unspecified atom stereocenters. The molecule has 0 saturated carbocycles. The second-order valence-electron chi connectivity index (χ2n) is 6.37. The first kappa shape index (κ1) is 20.4. The minimum atomic E-state index is -0.192. The maximum Gasteiger partial charge on any atom is 0.294 e. The number of nitrogens with one attached hydrogen (secondary N) is 1. The fourth-order valence-corrected chi connectivity index (χ4v) is 3.29. The molecule has 0 aliphatic heterocycles. The molecule has 0 radical (unpaired) electrons. The number of hydrogen-bond donors (Lipinski definition) is 1. The molecule has 2 rings (SSSR count). The van der Waals surface area contributed by atoms with Crippen LogP contribution in [0.25, 0.3) is 0 Å². The molecule has 2 aromatic rings. The van der Waals surface area contributed by atoms with Crippen LogP contribution >= 0.6 is 11.6 Å². The molecule has 1 atom stereocenters. The molecule has 0 fully saturated rings. The Bertz CT molecular complexity index is 797. The Morgan fingerprint density at radius 3 is 2.42 bits per heavy atom. The highest BCUT2D eigenvalue weighted by molar-refractivity contribution is 6.30. The first-order valence-corrected chi connectivity index (χ1v) is 8.86. The first-order chi connectivity index (χ1) is 12.4. The molecule has 0 spiro atoms. The predicted molar refractivity (Wildman–Crippen MR) is 105 cm³/mol. The van der Waals surface area contributed by atoms with Crippen LogP contribution in [-0.4, -0.2) is 37.0 Å². The third-order valence-electron chi connectivity index (χ3n) is 4.20. The van der Waals surface area contributed by atoms with Crippen LogP contribution in [-0.2, 0) is 9.47 Å². The standard InChI is InChI=1S/C19H26ClN3O3/c1-12-8-15(20)9-13(2)17(12)22-18-19(24)23(10-14(3)21-18)16(11-26-5)6-7-25-4/h8-10,16H,6-7,11H2,1-5H3,(H,21,22). The zero-order valence-corrected chi connectivity index (χ0v) is 16.7. The molecular weight excluding hydrogens is 354 g/mol. The molecule has 1 aromatic heterocycles. The maximum absolute atomic E-state index is 13.0. The number of rotatable bonds is 8. The number of methoxy groups -OCH3 is 2. The fourth-order valence-electron chi connectivity index (χ4n) is 2.96. The summed E-state index contributed by atoms with van der Waals surface area (Å²) in [5.74, 6) is 0.289. The van der Waals surface area contributed by atoms with Gasteiger partial charge in [-0.05, 0) is 50.5 Å². The second kappa shape index (κ2) is 9.16. The molecule has 142 valence electrons. The van der Waals surface area contributed by atoms with E-state index in [1.54, 1.807) is 25.0 Å². The normalized spacial score (nSPS) is 12.2. The summed E-state index contributed by atoms with van der Waals surface area (Å²) in [5, 5.41) is 3.86. The van der Waals surface area contributed by atoms with Gasteiger partial charge in [-0.1, -0.05) is 11.6 Å². The number of nitrogens with zero attached hydrogens (tertiary/aromatic N) is 2. The van der Waals surface area contributed by atoms with Crippen molar-refractivity contribution in [3.8, 4) is 0 Å². The van der Waals surface area contributed by atoms with Gasteiger partial charge in [0.2, 0.25) is 0 Å². The highest BCUT2D eigenvalue weighted by atomic mass is 35.5. The summed E-state index contributed by atoms with van der Waals surface area (Å²) in [7, 11) is 3.27. The molecule has 0 bridgehead atoms. The van der Waals surface area contributed by atoms with Crippen LogP contribution in [0.3, 0.4) is 0 Å². The van der Waals surface area contributed by atoms with E-state index in [1.165, 1.54) is 0 Å². The third kappa shape index (κ3) is 4.84.